The van der Waals surface area contributed by atoms with Gasteiger partial charge in [-0.15, -0.1) is 0 Å². The zero-order valence-electron chi connectivity index (χ0n) is 14.5. The lowest BCUT2D eigenvalue weighted by Gasteiger charge is -2.30. The van der Waals surface area contributed by atoms with Crippen LogP contribution >= 0.6 is 0 Å². The van der Waals surface area contributed by atoms with Gasteiger partial charge >= 0.3 is 0 Å². The average molecular weight is 293 g/mol. The SMILES string of the molecule is CCNCCc1c(C)nc(C(CC)(CC)OCC)nc1C. The minimum atomic E-state index is -0.343. The van der Waals surface area contributed by atoms with Gasteiger partial charge in [-0.3, -0.25) is 0 Å². The highest BCUT2D eigenvalue weighted by Gasteiger charge is 2.33. The number of aryl methyl sites for hydroxylation is 2. The van der Waals surface area contributed by atoms with Crippen molar-refractivity contribution in [3.05, 3.63) is 22.8 Å². The Balaban J connectivity index is 3.10. The Morgan fingerprint density at radius 1 is 1.00 bits per heavy atom. The number of aromatic nitrogens is 2. The number of rotatable bonds is 9. The van der Waals surface area contributed by atoms with Crippen LogP contribution in [0.4, 0.5) is 0 Å². The summed E-state index contributed by atoms with van der Waals surface area (Å²) in [7, 11) is 0. The number of nitrogens with zero attached hydrogens (tertiary/aromatic N) is 2. The molecule has 0 aliphatic heterocycles. The lowest BCUT2D eigenvalue weighted by Crippen LogP contribution is -2.32. The smallest absolute Gasteiger partial charge is 0.160 e. The third-order valence-electron chi connectivity index (χ3n) is 4.19. The van der Waals surface area contributed by atoms with Gasteiger partial charge in [-0.2, -0.15) is 0 Å². The second-order valence-electron chi connectivity index (χ2n) is 5.43. The molecule has 0 spiro atoms. The maximum absolute atomic E-state index is 6.03. The topological polar surface area (TPSA) is 47.0 Å². The van der Waals surface area contributed by atoms with Crippen molar-refractivity contribution >= 4 is 0 Å². The quantitative estimate of drug-likeness (QED) is 0.710. The highest BCUT2D eigenvalue weighted by atomic mass is 16.5. The molecule has 1 N–H and O–H groups in total. The monoisotopic (exact) mass is 293 g/mol. The summed E-state index contributed by atoms with van der Waals surface area (Å²) in [5, 5.41) is 3.36. The van der Waals surface area contributed by atoms with E-state index in [1.54, 1.807) is 0 Å². The van der Waals surface area contributed by atoms with Crippen LogP contribution in [0.3, 0.4) is 0 Å². The third-order valence-corrected chi connectivity index (χ3v) is 4.19. The maximum Gasteiger partial charge on any atom is 0.160 e. The molecule has 120 valence electrons. The molecule has 0 unspecified atom stereocenters. The molecular formula is C17H31N3O. The normalized spacial score (nSPS) is 11.9. The number of hydrogen-bond donors (Lipinski definition) is 1. The van der Waals surface area contributed by atoms with Crippen molar-refractivity contribution in [2.24, 2.45) is 0 Å². The van der Waals surface area contributed by atoms with Gasteiger partial charge in [-0.1, -0.05) is 20.8 Å². The van der Waals surface area contributed by atoms with Gasteiger partial charge in [0.05, 0.1) is 0 Å². The molecule has 1 rings (SSSR count). The van der Waals surface area contributed by atoms with Crippen LogP contribution in [0, 0.1) is 13.8 Å². The van der Waals surface area contributed by atoms with Crippen LogP contribution in [0.1, 0.15) is 63.3 Å². The van der Waals surface area contributed by atoms with E-state index in [0.717, 1.165) is 49.6 Å². The molecule has 21 heavy (non-hydrogen) atoms. The van der Waals surface area contributed by atoms with E-state index in [-0.39, 0.29) is 5.60 Å². The summed E-state index contributed by atoms with van der Waals surface area (Å²) in [6.45, 7) is 15.3. The molecule has 0 saturated carbocycles. The maximum atomic E-state index is 6.03. The largest absolute Gasteiger partial charge is 0.367 e. The first-order valence-corrected chi connectivity index (χ1v) is 8.23. The zero-order valence-corrected chi connectivity index (χ0v) is 14.5. The highest BCUT2D eigenvalue weighted by molar-refractivity contribution is 5.26. The van der Waals surface area contributed by atoms with Crippen LogP contribution in [0.5, 0.6) is 0 Å². The summed E-state index contributed by atoms with van der Waals surface area (Å²) < 4.78 is 6.03. The van der Waals surface area contributed by atoms with Gasteiger partial charge in [0.1, 0.15) is 5.60 Å². The Bertz CT molecular complexity index is 419. The molecule has 0 atom stereocenters. The van der Waals surface area contributed by atoms with E-state index in [1.165, 1.54) is 5.56 Å². The van der Waals surface area contributed by atoms with Crippen LogP contribution in [0.15, 0.2) is 0 Å². The highest BCUT2D eigenvalue weighted by Crippen LogP contribution is 2.31. The first kappa shape index (κ1) is 18.1. The molecule has 0 amide bonds. The molecule has 0 fully saturated rings. The molecule has 0 bridgehead atoms. The van der Waals surface area contributed by atoms with Crippen LogP contribution in [-0.2, 0) is 16.8 Å². The first-order valence-electron chi connectivity index (χ1n) is 8.23. The van der Waals surface area contributed by atoms with Crippen LogP contribution < -0.4 is 5.32 Å². The Kier molecular flexibility index (Phi) is 7.26. The average Bonchev–Trinajstić information content (AvgIpc) is 2.47. The van der Waals surface area contributed by atoms with E-state index in [2.05, 4.69) is 39.9 Å². The van der Waals surface area contributed by atoms with Gasteiger partial charge in [0.15, 0.2) is 5.82 Å². The third kappa shape index (κ3) is 4.24. The molecule has 1 heterocycles. The van der Waals surface area contributed by atoms with Gasteiger partial charge < -0.3 is 10.1 Å². The summed E-state index contributed by atoms with van der Waals surface area (Å²) in [6, 6.07) is 0. The first-order chi connectivity index (χ1) is 10.0. The number of hydrogen-bond acceptors (Lipinski definition) is 4. The van der Waals surface area contributed by atoms with Crippen molar-refractivity contribution in [3.8, 4) is 0 Å². The van der Waals surface area contributed by atoms with Gasteiger partial charge in [-0.05, 0) is 58.7 Å². The fourth-order valence-corrected chi connectivity index (χ4v) is 2.81. The van der Waals surface area contributed by atoms with Gasteiger partial charge in [-0.25, -0.2) is 9.97 Å². The van der Waals surface area contributed by atoms with E-state index in [4.69, 9.17) is 14.7 Å². The number of nitrogens with one attached hydrogen (secondary N) is 1. The van der Waals surface area contributed by atoms with Gasteiger partial charge in [0.2, 0.25) is 0 Å². The molecule has 1 aromatic heterocycles. The van der Waals surface area contributed by atoms with E-state index >= 15 is 0 Å². The summed E-state index contributed by atoms with van der Waals surface area (Å²) in [5.41, 5.74) is 3.09. The fourth-order valence-electron chi connectivity index (χ4n) is 2.81. The van der Waals surface area contributed by atoms with Crippen molar-refractivity contribution < 1.29 is 4.74 Å². The summed E-state index contributed by atoms with van der Waals surface area (Å²) >= 11 is 0. The van der Waals surface area contributed by atoms with Crippen LogP contribution in [-0.4, -0.2) is 29.7 Å². The fraction of sp³-hybridized carbons (Fsp3) is 0.765. The van der Waals surface area contributed by atoms with Crippen LogP contribution in [0.2, 0.25) is 0 Å². The van der Waals surface area contributed by atoms with Crippen molar-refractivity contribution in [3.63, 3.8) is 0 Å². The second kappa shape index (κ2) is 8.44. The summed E-state index contributed by atoms with van der Waals surface area (Å²) in [6.07, 6.45) is 2.77. The molecule has 1 aromatic rings. The van der Waals surface area contributed by atoms with E-state index < -0.39 is 0 Å². The molecule has 0 aliphatic rings. The summed E-state index contributed by atoms with van der Waals surface area (Å²) in [5.74, 6) is 0.844. The lowest BCUT2D eigenvalue weighted by molar-refractivity contribution is -0.0574. The summed E-state index contributed by atoms with van der Waals surface area (Å²) in [4.78, 5) is 9.56. The predicted molar refractivity (Wildman–Crippen MR) is 87.6 cm³/mol. The minimum absolute atomic E-state index is 0.343. The van der Waals surface area contributed by atoms with E-state index in [9.17, 15) is 0 Å². The van der Waals surface area contributed by atoms with E-state index in [1.807, 2.05) is 6.92 Å². The number of likely N-dealkylation sites (N-methyl/N-ethyl adjacent to an activating group) is 1. The second-order valence-corrected chi connectivity index (χ2v) is 5.43. The molecule has 4 heteroatoms. The zero-order chi connectivity index (χ0) is 15.9. The van der Waals surface area contributed by atoms with Gasteiger partial charge in [0, 0.05) is 18.0 Å². The molecule has 0 saturated heterocycles. The Hall–Kier alpha value is -1.00. The molecule has 0 aromatic carbocycles. The van der Waals surface area contributed by atoms with Crippen molar-refractivity contribution in [2.75, 3.05) is 19.7 Å². The number of ether oxygens (including phenoxy) is 1. The molecule has 0 radical (unpaired) electrons. The minimum Gasteiger partial charge on any atom is -0.367 e. The van der Waals surface area contributed by atoms with E-state index in [0.29, 0.717) is 6.61 Å². The predicted octanol–water partition coefficient (Wildman–Crippen LogP) is 3.30. The Morgan fingerprint density at radius 2 is 1.57 bits per heavy atom. The van der Waals surface area contributed by atoms with Crippen molar-refractivity contribution in [2.45, 2.75) is 66.4 Å². The molecule has 4 nitrogen and oxygen atoms in total. The van der Waals surface area contributed by atoms with Crippen LogP contribution in [0.25, 0.3) is 0 Å². The van der Waals surface area contributed by atoms with Crippen molar-refractivity contribution in [1.29, 1.82) is 0 Å². The van der Waals surface area contributed by atoms with Gasteiger partial charge in [0.25, 0.3) is 0 Å². The molecular weight excluding hydrogens is 262 g/mol. The molecule has 0 aliphatic carbocycles. The standard InChI is InChI=1S/C17H31N3O/c1-7-17(8-2,21-10-4)16-19-13(5)15(14(6)20-16)11-12-18-9-3/h18H,7-12H2,1-6H3. The lowest BCUT2D eigenvalue weighted by atomic mass is 9.95. The Labute approximate surface area is 129 Å². The van der Waals surface area contributed by atoms with Crippen molar-refractivity contribution in [1.82, 2.24) is 15.3 Å². The Morgan fingerprint density at radius 3 is 2.00 bits per heavy atom.